The van der Waals surface area contributed by atoms with Gasteiger partial charge in [0.15, 0.2) is 6.23 Å². The van der Waals surface area contributed by atoms with Crippen molar-refractivity contribution in [2.75, 3.05) is 18.0 Å². The highest BCUT2D eigenvalue weighted by atomic mass is 19.4. The number of hydrogen-bond donors (Lipinski definition) is 4. The molecule has 1 aromatic rings. The first kappa shape index (κ1) is 23.1. The standard InChI is InChI=1S/C17H20F6N6O2/c18-16(19,20)10-9(13(25)28-14(31)12(10)30)11(24)7-1-3-29(4-2-7)8-5-26-15(27-6-8)17(21,22)23/h5-7,10,12,14,30-31H,1-4,24H2,(H2,25,28)/t10-,12-,14?/m1/s1. The zero-order valence-electron chi connectivity index (χ0n) is 15.9. The maximum atomic E-state index is 13.5. The largest absolute Gasteiger partial charge is 0.451 e. The smallest absolute Gasteiger partial charge is 0.401 e. The molecule has 172 valence electrons. The number of alkyl halides is 6. The van der Waals surface area contributed by atoms with Crippen molar-refractivity contribution in [1.82, 2.24) is 9.97 Å². The summed E-state index contributed by atoms with van der Waals surface area (Å²) < 4.78 is 78.4. The number of allylic oxidation sites excluding steroid dienone is 1. The minimum absolute atomic E-state index is 0.183. The Hall–Kier alpha value is -2.61. The summed E-state index contributed by atoms with van der Waals surface area (Å²) >= 11 is 0. The third kappa shape index (κ3) is 4.69. The number of nitrogens with two attached hydrogens (primary N) is 2. The number of hydrogen-bond acceptors (Lipinski definition) is 8. The molecule has 3 rings (SSSR count). The molecule has 0 amide bonds. The lowest BCUT2D eigenvalue weighted by Crippen LogP contribution is -2.50. The first-order chi connectivity index (χ1) is 14.3. The second-order valence-corrected chi connectivity index (χ2v) is 7.33. The number of aliphatic hydroxyl groups excluding tert-OH is 2. The summed E-state index contributed by atoms with van der Waals surface area (Å²) in [4.78, 5) is 11.7. The molecule has 2 aliphatic heterocycles. The van der Waals surface area contributed by atoms with Gasteiger partial charge in [0.25, 0.3) is 0 Å². The van der Waals surface area contributed by atoms with E-state index in [-0.39, 0.29) is 31.6 Å². The molecule has 0 radical (unpaired) electrons. The van der Waals surface area contributed by atoms with Gasteiger partial charge in [-0.2, -0.15) is 26.3 Å². The summed E-state index contributed by atoms with van der Waals surface area (Å²) in [5.74, 6) is -4.88. The Morgan fingerprint density at radius 2 is 1.58 bits per heavy atom. The average Bonchev–Trinajstić information content (AvgIpc) is 2.68. The normalized spacial score (nSPS) is 27.8. The number of aliphatic hydroxyl groups is 2. The molecule has 1 unspecified atom stereocenters. The minimum Gasteiger partial charge on any atom is -0.401 e. The highest BCUT2D eigenvalue weighted by Crippen LogP contribution is 2.41. The molecule has 14 heteroatoms. The molecule has 0 aliphatic carbocycles. The average molecular weight is 454 g/mol. The van der Waals surface area contributed by atoms with Crippen molar-refractivity contribution in [1.29, 1.82) is 0 Å². The number of aromatic nitrogens is 2. The van der Waals surface area contributed by atoms with Gasteiger partial charge in [-0.3, -0.25) is 0 Å². The van der Waals surface area contributed by atoms with Gasteiger partial charge >= 0.3 is 12.4 Å². The van der Waals surface area contributed by atoms with Crippen LogP contribution >= 0.6 is 0 Å². The van der Waals surface area contributed by atoms with Crippen LogP contribution in [-0.4, -0.2) is 57.6 Å². The zero-order valence-corrected chi connectivity index (χ0v) is 15.9. The highest BCUT2D eigenvalue weighted by molar-refractivity contribution is 5.99. The van der Waals surface area contributed by atoms with Gasteiger partial charge in [-0.15, -0.1) is 0 Å². The van der Waals surface area contributed by atoms with E-state index in [4.69, 9.17) is 11.5 Å². The molecule has 6 N–H and O–H groups in total. The Morgan fingerprint density at radius 3 is 2.06 bits per heavy atom. The lowest BCUT2D eigenvalue weighted by atomic mass is 9.81. The number of anilines is 1. The van der Waals surface area contributed by atoms with Crippen molar-refractivity contribution in [3.8, 4) is 0 Å². The van der Waals surface area contributed by atoms with E-state index in [2.05, 4.69) is 15.0 Å². The Balaban J connectivity index is 1.79. The van der Waals surface area contributed by atoms with Gasteiger partial charge in [-0.05, 0) is 12.8 Å². The SMILES string of the molecule is NC1=NC(O)[C@H](O)[C@H](C(F)(F)F)C1=C(N)C1CCN(c2cnc(C(F)(F)F)nc2)CC1. The molecule has 1 fully saturated rings. The van der Waals surface area contributed by atoms with Crippen LogP contribution in [0.25, 0.3) is 0 Å². The van der Waals surface area contributed by atoms with Crippen LogP contribution in [0.3, 0.4) is 0 Å². The van der Waals surface area contributed by atoms with Crippen molar-refractivity contribution in [2.45, 2.75) is 37.5 Å². The predicted octanol–water partition coefficient (Wildman–Crippen LogP) is 1.15. The van der Waals surface area contributed by atoms with E-state index in [0.717, 1.165) is 12.4 Å². The molecule has 0 saturated carbocycles. The van der Waals surface area contributed by atoms with E-state index in [1.807, 2.05) is 0 Å². The van der Waals surface area contributed by atoms with E-state index in [1.54, 1.807) is 4.90 Å². The van der Waals surface area contributed by atoms with Gasteiger partial charge in [0.2, 0.25) is 5.82 Å². The Kier molecular flexibility index (Phi) is 6.06. The molecular weight excluding hydrogens is 434 g/mol. The number of aliphatic imine (C=N–C) groups is 1. The molecule has 1 saturated heterocycles. The predicted molar refractivity (Wildman–Crippen MR) is 96.4 cm³/mol. The Labute approximate surface area is 172 Å². The summed E-state index contributed by atoms with van der Waals surface area (Å²) in [6.07, 6.45) is -11.3. The first-order valence-corrected chi connectivity index (χ1v) is 9.21. The molecule has 8 nitrogen and oxygen atoms in total. The van der Waals surface area contributed by atoms with Gasteiger partial charge in [-0.25, -0.2) is 15.0 Å². The fraction of sp³-hybridized carbons (Fsp3) is 0.588. The molecule has 0 spiro atoms. The monoisotopic (exact) mass is 454 g/mol. The fourth-order valence-corrected chi connectivity index (χ4v) is 3.77. The van der Waals surface area contributed by atoms with E-state index in [0.29, 0.717) is 5.69 Å². The van der Waals surface area contributed by atoms with E-state index in [1.165, 1.54) is 0 Å². The highest BCUT2D eigenvalue weighted by Gasteiger charge is 2.53. The van der Waals surface area contributed by atoms with Crippen LogP contribution in [0.2, 0.25) is 0 Å². The van der Waals surface area contributed by atoms with E-state index in [9.17, 15) is 36.6 Å². The number of halogens is 6. The summed E-state index contributed by atoms with van der Waals surface area (Å²) in [5, 5.41) is 19.4. The summed E-state index contributed by atoms with van der Waals surface area (Å²) in [6.45, 7) is 0.540. The Bertz CT molecular complexity index is 861. The van der Waals surface area contributed by atoms with Crippen LogP contribution in [-0.2, 0) is 6.18 Å². The van der Waals surface area contributed by atoms with Crippen LogP contribution in [0, 0.1) is 11.8 Å². The van der Waals surface area contributed by atoms with Crippen molar-refractivity contribution < 1.29 is 36.6 Å². The topological polar surface area (TPSA) is 134 Å². The third-order valence-corrected chi connectivity index (χ3v) is 5.36. The van der Waals surface area contributed by atoms with Crippen molar-refractivity contribution >= 4 is 11.5 Å². The molecule has 31 heavy (non-hydrogen) atoms. The molecule has 0 bridgehead atoms. The molecular formula is C17H20F6N6O2. The van der Waals surface area contributed by atoms with Crippen LogP contribution in [0.15, 0.2) is 28.7 Å². The van der Waals surface area contributed by atoms with E-state index >= 15 is 0 Å². The Morgan fingerprint density at radius 1 is 1.03 bits per heavy atom. The molecule has 1 aromatic heterocycles. The number of amidine groups is 1. The molecule has 2 aliphatic rings. The van der Waals surface area contributed by atoms with Gasteiger partial charge in [0.05, 0.1) is 18.1 Å². The summed E-state index contributed by atoms with van der Waals surface area (Å²) in [7, 11) is 0. The molecule has 0 aromatic carbocycles. The third-order valence-electron chi connectivity index (χ3n) is 5.36. The maximum absolute atomic E-state index is 13.5. The number of nitrogens with zero attached hydrogens (tertiary/aromatic N) is 4. The van der Waals surface area contributed by atoms with Crippen molar-refractivity contribution in [3.05, 3.63) is 29.5 Å². The fourth-order valence-electron chi connectivity index (χ4n) is 3.77. The van der Waals surface area contributed by atoms with Crippen molar-refractivity contribution in [3.63, 3.8) is 0 Å². The van der Waals surface area contributed by atoms with Gasteiger partial charge in [0.1, 0.15) is 17.9 Å². The quantitative estimate of drug-likeness (QED) is 0.493. The van der Waals surface area contributed by atoms with Gasteiger partial charge in [0, 0.05) is 30.3 Å². The second kappa shape index (κ2) is 8.15. The van der Waals surface area contributed by atoms with Crippen LogP contribution in [0.4, 0.5) is 32.0 Å². The van der Waals surface area contributed by atoms with Gasteiger partial charge in [-0.1, -0.05) is 0 Å². The maximum Gasteiger partial charge on any atom is 0.451 e. The zero-order chi connectivity index (χ0) is 23.1. The summed E-state index contributed by atoms with van der Waals surface area (Å²) in [5.41, 5.74) is 11.2. The second-order valence-electron chi connectivity index (χ2n) is 7.33. The van der Waals surface area contributed by atoms with Crippen LogP contribution < -0.4 is 16.4 Å². The van der Waals surface area contributed by atoms with E-state index < -0.39 is 53.8 Å². The number of piperidine rings is 1. The lowest BCUT2D eigenvalue weighted by molar-refractivity contribution is -0.200. The van der Waals surface area contributed by atoms with Crippen LogP contribution in [0.5, 0.6) is 0 Å². The number of rotatable bonds is 2. The van der Waals surface area contributed by atoms with Crippen molar-refractivity contribution in [2.24, 2.45) is 28.3 Å². The minimum atomic E-state index is -4.92. The first-order valence-electron chi connectivity index (χ1n) is 9.21. The van der Waals surface area contributed by atoms with Gasteiger partial charge < -0.3 is 26.6 Å². The lowest BCUT2D eigenvalue weighted by Gasteiger charge is -2.37. The molecule has 3 atom stereocenters. The molecule has 3 heterocycles. The summed E-state index contributed by atoms with van der Waals surface area (Å²) in [6, 6.07) is 0. The van der Waals surface area contributed by atoms with Crippen LogP contribution in [0.1, 0.15) is 18.7 Å².